The van der Waals surface area contributed by atoms with Crippen molar-refractivity contribution in [1.82, 2.24) is 20.0 Å². The van der Waals surface area contributed by atoms with Crippen LogP contribution >= 0.6 is 24.0 Å². The molecule has 1 aliphatic heterocycles. The first kappa shape index (κ1) is 24.8. The highest BCUT2D eigenvalue weighted by molar-refractivity contribution is 14.0. The number of methoxy groups -OCH3 is 1. The lowest BCUT2D eigenvalue weighted by molar-refractivity contribution is -0.00815. The molecule has 7 nitrogen and oxygen atoms in total. The summed E-state index contributed by atoms with van der Waals surface area (Å²) in [4.78, 5) is 6.93. The maximum absolute atomic E-state index is 6.02. The molecule has 1 saturated heterocycles. The number of ether oxygens (including phenoxy) is 2. The fraction of sp³-hybridized carbons (Fsp3) is 0.583. The first-order chi connectivity index (χ1) is 15.1. The molecule has 0 spiro atoms. The molecule has 2 heterocycles. The predicted octanol–water partition coefficient (Wildman–Crippen LogP) is 3.90. The van der Waals surface area contributed by atoms with E-state index in [9.17, 15) is 0 Å². The van der Waals surface area contributed by atoms with Gasteiger partial charge in [0.1, 0.15) is 11.9 Å². The number of rotatable bonds is 5. The van der Waals surface area contributed by atoms with Gasteiger partial charge < -0.3 is 19.7 Å². The SMILES string of the molecule is CN=C(NCC1(c2ccc(OC)cc2)CCCCC1)N1CCOC(c2cnn(C)c2)C1.I. The normalized spacial score (nSPS) is 21.0. The summed E-state index contributed by atoms with van der Waals surface area (Å²) in [5.74, 6) is 1.86. The molecule has 1 atom stereocenters. The Bertz CT molecular complexity index is 877. The average Bonchev–Trinajstić information content (AvgIpc) is 3.27. The van der Waals surface area contributed by atoms with E-state index in [-0.39, 0.29) is 35.5 Å². The smallest absolute Gasteiger partial charge is 0.193 e. The number of nitrogens with one attached hydrogen (secondary N) is 1. The van der Waals surface area contributed by atoms with Crippen LogP contribution in [-0.2, 0) is 17.2 Å². The zero-order valence-electron chi connectivity index (χ0n) is 19.4. The zero-order chi connectivity index (χ0) is 21.7. The van der Waals surface area contributed by atoms with Crippen molar-refractivity contribution in [3.05, 3.63) is 47.8 Å². The van der Waals surface area contributed by atoms with Gasteiger partial charge in [0.15, 0.2) is 5.96 Å². The van der Waals surface area contributed by atoms with Crippen LogP contribution in [0.1, 0.15) is 49.3 Å². The summed E-state index contributed by atoms with van der Waals surface area (Å²) in [6, 6.07) is 8.64. The van der Waals surface area contributed by atoms with Crippen LogP contribution in [0.4, 0.5) is 0 Å². The fourth-order valence-electron chi connectivity index (χ4n) is 4.97. The van der Waals surface area contributed by atoms with Gasteiger partial charge in [-0.05, 0) is 30.5 Å². The number of morpholine rings is 1. The Kier molecular flexibility index (Phi) is 8.81. The van der Waals surface area contributed by atoms with Crippen molar-refractivity contribution in [2.45, 2.75) is 43.6 Å². The van der Waals surface area contributed by atoms with E-state index in [4.69, 9.17) is 9.47 Å². The van der Waals surface area contributed by atoms with Gasteiger partial charge in [-0.15, -0.1) is 24.0 Å². The number of guanidine groups is 1. The Hall–Kier alpha value is -1.81. The second kappa shape index (κ2) is 11.4. The molecule has 1 aliphatic carbocycles. The van der Waals surface area contributed by atoms with E-state index in [1.807, 2.05) is 31.2 Å². The minimum atomic E-state index is 0. The molecule has 0 bridgehead atoms. The molecular formula is C24H36IN5O2. The molecule has 1 aromatic heterocycles. The molecule has 2 aliphatic rings. The summed E-state index contributed by atoms with van der Waals surface area (Å²) in [5, 5.41) is 8.02. The molecule has 2 aromatic rings. The molecule has 2 fully saturated rings. The summed E-state index contributed by atoms with van der Waals surface area (Å²) >= 11 is 0. The second-order valence-electron chi connectivity index (χ2n) is 8.72. The van der Waals surface area contributed by atoms with Gasteiger partial charge in [-0.3, -0.25) is 9.67 Å². The average molecular weight is 553 g/mol. The number of halogens is 1. The lowest BCUT2D eigenvalue weighted by Crippen LogP contribution is -2.51. The van der Waals surface area contributed by atoms with Gasteiger partial charge >= 0.3 is 0 Å². The van der Waals surface area contributed by atoms with Gasteiger partial charge in [0, 0.05) is 44.4 Å². The largest absolute Gasteiger partial charge is 0.497 e. The number of aryl methyl sites for hydroxylation is 1. The van der Waals surface area contributed by atoms with E-state index in [1.54, 1.807) is 7.11 Å². The summed E-state index contributed by atoms with van der Waals surface area (Å²) in [6.07, 6.45) is 10.2. The Labute approximate surface area is 208 Å². The van der Waals surface area contributed by atoms with E-state index < -0.39 is 0 Å². The predicted molar refractivity (Wildman–Crippen MR) is 138 cm³/mol. The van der Waals surface area contributed by atoms with Gasteiger partial charge in [-0.25, -0.2) is 0 Å². The molecule has 4 rings (SSSR count). The molecule has 0 amide bonds. The number of hydrogen-bond acceptors (Lipinski definition) is 4. The number of aromatic nitrogens is 2. The molecular weight excluding hydrogens is 517 g/mol. The van der Waals surface area contributed by atoms with Crippen LogP contribution in [0.5, 0.6) is 5.75 Å². The van der Waals surface area contributed by atoms with E-state index in [1.165, 1.54) is 37.7 Å². The van der Waals surface area contributed by atoms with E-state index in [2.05, 4.69) is 44.6 Å². The maximum atomic E-state index is 6.02. The van der Waals surface area contributed by atoms with Crippen molar-refractivity contribution in [1.29, 1.82) is 0 Å². The van der Waals surface area contributed by atoms with Crippen LogP contribution in [0.25, 0.3) is 0 Å². The lowest BCUT2D eigenvalue weighted by atomic mass is 9.69. The number of benzene rings is 1. The highest BCUT2D eigenvalue weighted by Crippen LogP contribution is 2.39. The maximum Gasteiger partial charge on any atom is 0.193 e. The minimum Gasteiger partial charge on any atom is -0.497 e. The molecule has 1 saturated carbocycles. The van der Waals surface area contributed by atoms with Crippen molar-refractivity contribution < 1.29 is 9.47 Å². The van der Waals surface area contributed by atoms with Crippen LogP contribution < -0.4 is 10.1 Å². The van der Waals surface area contributed by atoms with E-state index >= 15 is 0 Å². The Morgan fingerprint density at radius 3 is 2.62 bits per heavy atom. The van der Waals surface area contributed by atoms with Crippen LogP contribution in [0, 0.1) is 0 Å². The molecule has 1 aromatic carbocycles. The minimum absolute atomic E-state index is 0. The van der Waals surface area contributed by atoms with Crippen LogP contribution in [0.2, 0.25) is 0 Å². The third kappa shape index (κ3) is 5.57. The molecule has 1 N–H and O–H groups in total. The van der Waals surface area contributed by atoms with Crippen molar-refractivity contribution in [2.24, 2.45) is 12.0 Å². The zero-order valence-corrected chi connectivity index (χ0v) is 21.7. The van der Waals surface area contributed by atoms with E-state index in [0.717, 1.165) is 36.9 Å². The first-order valence-corrected chi connectivity index (χ1v) is 11.3. The summed E-state index contributed by atoms with van der Waals surface area (Å²) in [6.45, 7) is 3.19. The Morgan fingerprint density at radius 2 is 2.00 bits per heavy atom. The van der Waals surface area contributed by atoms with Gasteiger partial charge in [0.05, 0.1) is 26.5 Å². The molecule has 8 heteroatoms. The number of aliphatic imine (C=N–C) groups is 1. The molecule has 176 valence electrons. The highest BCUT2D eigenvalue weighted by atomic mass is 127. The van der Waals surface area contributed by atoms with E-state index in [0.29, 0.717) is 6.61 Å². The lowest BCUT2D eigenvalue weighted by Gasteiger charge is -2.40. The first-order valence-electron chi connectivity index (χ1n) is 11.3. The van der Waals surface area contributed by atoms with Crippen molar-refractivity contribution in [2.75, 3.05) is 40.4 Å². The van der Waals surface area contributed by atoms with Gasteiger partial charge in [-0.1, -0.05) is 31.4 Å². The van der Waals surface area contributed by atoms with Crippen molar-refractivity contribution in [3.63, 3.8) is 0 Å². The van der Waals surface area contributed by atoms with Crippen molar-refractivity contribution in [3.8, 4) is 5.75 Å². The summed E-state index contributed by atoms with van der Waals surface area (Å²) < 4.78 is 13.2. The monoisotopic (exact) mass is 553 g/mol. The van der Waals surface area contributed by atoms with Crippen LogP contribution in [0.15, 0.2) is 41.7 Å². The molecule has 32 heavy (non-hydrogen) atoms. The Balaban J connectivity index is 0.00000289. The van der Waals surface area contributed by atoms with Crippen molar-refractivity contribution >= 4 is 29.9 Å². The number of hydrogen-bond donors (Lipinski definition) is 1. The topological polar surface area (TPSA) is 63.9 Å². The van der Waals surface area contributed by atoms with Gasteiger partial charge in [0.2, 0.25) is 0 Å². The summed E-state index contributed by atoms with van der Waals surface area (Å²) in [7, 11) is 5.53. The molecule has 1 unspecified atom stereocenters. The Morgan fingerprint density at radius 1 is 1.25 bits per heavy atom. The van der Waals surface area contributed by atoms with Gasteiger partial charge in [-0.2, -0.15) is 5.10 Å². The molecule has 0 radical (unpaired) electrons. The third-order valence-corrected chi connectivity index (χ3v) is 6.77. The fourth-order valence-corrected chi connectivity index (χ4v) is 4.97. The third-order valence-electron chi connectivity index (χ3n) is 6.77. The van der Waals surface area contributed by atoms with Gasteiger partial charge in [0.25, 0.3) is 0 Å². The van der Waals surface area contributed by atoms with Crippen LogP contribution in [-0.4, -0.2) is 61.0 Å². The van der Waals surface area contributed by atoms with Crippen LogP contribution in [0.3, 0.4) is 0 Å². The highest BCUT2D eigenvalue weighted by Gasteiger charge is 2.35. The number of nitrogens with zero attached hydrogens (tertiary/aromatic N) is 4. The summed E-state index contributed by atoms with van der Waals surface area (Å²) in [5.41, 5.74) is 2.64. The standard InChI is InChI=1S/C24H35N5O2.HI/c1-25-23(29-13-14-31-22(17-29)19-15-27-28(2)16-19)26-18-24(11-5-4-6-12-24)20-7-9-21(30-3)10-8-20;/h7-10,15-16,22H,4-6,11-14,17-18H2,1-3H3,(H,25,26);1H. The second-order valence-corrected chi connectivity index (χ2v) is 8.72. The quantitative estimate of drug-likeness (QED) is 0.346.